The Labute approximate surface area is 273 Å². The second-order valence-corrected chi connectivity index (χ2v) is 13.0. The number of hydrogen-bond acceptors (Lipinski definition) is 10. The number of hydrogen-bond donors (Lipinski definition) is 0. The van der Waals surface area contributed by atoms with E-state index in [4.69, 9.17) is 14.2 Å². The van der Waals surface area contributed by atoms with Crippen molar-refractivity contribution in [3.05, 3.63) is 109 Å². The number of para-hydroxylation sites is 1. The zero-order chi connectivity index (χ0) is 32.8. The standard InChI is InChI=1S/C35H33N5O6S/c1-44-26-9-11-30-28(22-26)35(29-23-27(45-2)10-12-31(29)46-3,39-20-18-38(19-21-39)25-13-16-36-17-14-25)34(41)40(30)47(42,43)32-8-4-6-24-7-5-15-37-33(24)32/h4-17,22-23H,18-21H2,1-3H3. The summed E-state index contributed by atoms with van der Waals surface area (Å²) in [5.41, 5.74) is 0.817. The fourth-order valence-electron chi connectivity index (χ4n) is 6.79. The molecule has 0 radical (unpaired) electrons. The summed E-state index contributed by atoms with van der Waals surface area (Å²) in [6, 6.07) is 22.6. The maximum atomic E-state index is 15.5. The molecule has 1 amide bonds. The number of ether oxygens (including phenoxy) is 3. The van der Waals surface area contributed by atoms with E-state index in [0.717, 1.165) is 9.99 Å². The van der Waals surface area contributed by atoms with Crippen LogP contribution in [0.3, 0.4) is 0 Å². The van der Waals surface area contributed by atoms with Crippen molar-refractivity contribution in [1.29, 1.82) is 0 Å². The van der Waals surface area contributed by atoms with E-state index >= 15 is 4.79 Å². The Balaban J connectivity index is 1.47. The van der Waals surface area contributed by atoms with Gasteiger partial charge in [0, 0.05) is 67.0 Å². The Morgan fingerprint density at radius 1 is 0.745 bits per heavy atom. The average Bonchev–Trinajstić information content (AvgIpc) is 3.39. The van der Waals surface area contributed by atoms with Crippen molar-refractivity contribution >= 4 is 38.2 Å². The predicted octanol–water partition coefficient (Wildman–Crippen LogP) is 4.46. The molecule has 0 aliphatic carbocycles. The van der Waals surface area contributed by atoms with Crippen LogP contribution in [0.1, 0.15) is 11.1 Å². The summed E-state index contributed by atoms with van der Waals surface area (Å²) in [6.45, 7) is 2.00. The molecule has 2 aromatic heterocycles. The van der Waals surface area contributed by atoms with Gasteiger partial charge in [0.15, 0.2) is 5.54 Å². The molecule has 1 saturated heterocycles. The summed E-state index contributed by atoms with van der Waals surface area (Å²) in [4.78, 5) is 28.2. The molecule has 2 aliphatic heterocycles. The fourth-order valence-corrected chi connectivity index (χ4v) is 8.42. The molecule has 2 aliphatic rings. The minimum Gasteiger partial charge on any atom is -0.497 e. The first-order chi connectivity index (χ1) is 22.8. The van der Waals surface area contributed by atoms with Crippen molar-refractivity contribution in [2.45, 2.75) is 10.4 Å². The number of rotatable bonds is 8. The van der Waals surface area contributed by atoms with Gasteiger partial charge < -0.3 is 19.1 Å². The van der Waals surface area contributed by atoms with Gasteiger partial charge in [0.25, 0.3) is 15.9 Å². The van der Waals surface area contributed by atoms with E-state index in [-0.39, 0.29) is 16.1 Å². The van der Waals surface area contributed by atoms with Crippen molar-refractivity contribution < 1.29 is 27.4 Å². The van der Waals surface area contributed by atoms with Gasteiger partial charge in [0.05, 0.1) is 32.5 Å². The number of pyridine rings is 2. The number of piperazine rings is 1. The third-order valence-electron chi connectivity index (χ3n) is 9.00. The van der Waals surface area contributed by atoms with Crippen LogP contribution in [0.5, 0.6) is 17.2 Å². The summed E-state index contributed by atoms with van der Waals surface area (Å²) in [6.07, 6.45) is 5.04. The summed E-state index contributed by atoms with van der Waals surface area (Å²) in [5.74, 6) is 0.727. The summed E-state index contributed by atoms with van der Waals surface area (Å²) in [5, 5.41) is 0.642. The third-order valence-corrected chi connectivity index (χ3v) is 10.7. The molecule has 5 aromatic rings. The molecule has 4 heterocycles. The highest BCUT2D eigenvalue weighted by atomic mass is 32.2. The van der Waals surface area contributed by atoms with Gasteiger partial charge in [-0.15, -0.1) is 0 Å². The lowest BCUT2D eigenvalue weighted by atomic mass is 9.80. The minimum atomic E-state index is -4.49. The molecule has 0 bridgehead atoms. The molecule has 0 saturated carbocycles. The van der Waals surface area contributed by atoms with Crippen LogP contribution >= 0.6 is 0 Å². The normalized spacial score (nSPS) is 18.3. The number of anilines is 2. The molecule has 0 spiro atoms. The number of amides is 1. The van der Waals surface area contributed by atoms with E-state index in [1.54, 1.807) is 86.4 Å². The molecule has 0 N–H and O–H groups in total. The lowest BCUT2D eigenvalue weighted by Gasteiger charge is -2.46. The van der Waals surface area contributed by atoms with Crippen molar-refractivity contribution in [2.24, 2.45) is 0 Å². The second kappa shape index (κ2) is 11.9. The van der Waals surface area contributed by atoms with Crippen LogP contribution in [0.4, 0.5) is 11.4 Å². The van der Waals surface area contributed by atoms with Crippen LogP contribution in [-0.2, 0) is 20.4 Å². The number of benzene rings is 3. The number of aromatic nitrogens is 2. The molecular formula is C35H33N5O6S. The monoisotopic (exact) mass is 651 g/mol. The lowest BCUT2D eigenvalue weighted by Crippen LogP contribution is -2.60. The van der Waals surface area contributed by atoms with Crippen molar-refractivity contribution in [3.8, 4) is 17.2 Å². The molecule has 11 nitrogen and oxygen atoms in total. The molecule has 47 heavy (non-hydrogen) atoms. The SMILES string of the molecule is COc1ccc(OC)c(C2(N3CCN(c4ccncc4)CC3)C(=O)N(S(=O)(=O)c3cccc4cccnc34)c3ccc(OC)cc32)c1. The van der Waals surface area contributed by atoms with E-state index in [9.17, 15) is 8.42 Å². The highest BCUT2D eigenvalue weighted by Gasteiger charge is 2.61. The van der Waals surface area contributed by atoms with Crippen molar-refractivity contribution in [1.82, 2.24) is 14.9 Å². The topological polar surface area (TPSA) is 114 Å². The molecular weight excluding hydrogens is 618 g/mol. The van der Waals surface area contributed by atoms with Crippen LogP contribution < -0.4 is 23.4 Å². The number of carbonyl (C=O) groups excluding carboxylic acids is 1. The van der Waals surface area contributed by atoms with Crippen molar-refractivity contribution in [3.63, 3.8) is 0 Å². The summed E-state index contributed by atoms with van der Waals surface area (Å²) >= 11 is 0. The fraction of sp³-hybridized carbons (Fsp3) is 0.229. The number of carbonyl (C=O) groups is 1. The van der Waals surface area contributed by atoms with E-state index in [0.29, 0.717) is 59.9 Å². The molecule has 240 valence electrons. The maximum Gasteiger partial charge on any atom is 0.273 e. The highest BCUT2D eigenvalue weighted by molar-refractivity contribution is 7.93. The van der Waals surface area contributed by atoms with Gasteiger partial charge >= 0.3 is 0 Å². The van der Waals surface area contributed by atoms with Gasteiger partial charge in [-0.3, -0.25) is 19.7 Å². The second-order valence-electron chi connectivity index (χ2n) is 11.2. The van der Waals surface area contributed by atoms with Gasteiger partial charge in [0.1, 0.15) is 22.1 Å². The zero-order valence-electron chi connectivity index (χ0n) is 26.2. The largest absolute Gasteiger partial charge is 0.497 e. The smallest absolute Gasteiger partial charge is 0.273 e. The lowest BCUT2D eigenvalue weighted by molar-refractivity contribution is -0.127. The van der Waals surface area contributed by atoms with E-state index < -0.39 is 21.5 Å². The molecule has 12 heteroatoms. The van der Waals surface area contributed by atoms with Crippen LogP contribution in [0.25, 0.3) is 10.9 Å². The van der Waals surface area contributed by atoms with Gasteiger partial charge in [-0.25, -0.2) is 12.7 Å². The van der Waals surface area contributed by atoms with Gasteiger partial charge in [-0.05, 0) is 60.7 Å². The van der Waals surface area contributed by atoms with Gasteiger partial charge in [-0.1, -0.05) is 18.2 Å². The predicted molar refractivity (Wildman–Crippen MR) is 178 cm³/mol. The quantitative estimate of drug-likeness (QED) is 0.238. The van der Waals surface area contributed by atoms with E-state index in [1.165, 1.54) is 20.3 Å². The first-order valence-electron chi connectivity index (χ1n) is 15.1. The first kappa shape index (κ1) is 30.5. The third kappa shape index (κ3) is 4.74. The van der Waals surface area contributed by atoms with Crippen LogP contribution in [0, 0.1) is 0 Å². The average molecular weight is 652 g/mol. The Kier molecular flexibility index (Phi) is 7.69. The van der Waals surface area contributed by atoms with Gasteiger partial charge in [-0.2, -0.15) is 0 Å². The molecule has 3 aromatic carbocycles. The number of nitrogens with zero attached hydrogens (tertiary/aromatic N) is 5. The number of fused-ring (bicyclic) bond motifs is 2. The minimum absolute atomic E-state index is 0.0679. The molecule has 7 rings (SSSR count). The van der Waals surface area contributed by atoms with Crippen molar-refractivity contribution in [2.75, 3.05) is 56.7 Å². The Morgan fingerprint density at radius 2 is 1.43 bits per heavy atom. The van der Waals surface area contributed by atoms with E-state index in [1.807, 2.05) is 17.0 Å². The summed E-state index contributed by atoms with van der Waals surface area (Å²) < 4.78 is 47.8. The Hall–Kier alpha value is -5.20. The molecule has 1 fully saturated rings. The summed E-state index contributed by atoms with van der Waals surface area (Å²) in [7, 11) is 0.123. The van der Waals surface area contributed by atoms with Crippen LogP contribution in [0.15, 0.2) is 102 Å². The molecule has 1 atom stereocenters. The van der Waals surface area contributed by atoms with Gasteiger partial charge in [0.2, 0.25) is 0 Å². The number of methoxy groups -OCH3 is 3. The zero-order valence-corrected chi connectivity index (χ0v) is 27.0. The van der Waals surface area contributed by atoms with Crippen LogP contribution in [0.2, 0.25) is 0 Å². The van der Waals surface area contributed by atoms with Crippen LogP contribution in [-0.4, -0.2) is 76.7 Å². The Bertz CT molecular complexity index is 2080. The number of sulfonamides is 1. The first-order valence-corrected chi connectivity index (χ1v) is 16.5. The maximum absolute atomic E-state index is 15.5. The molecule has 1 unspecified atom stereocenters. The van der Waals surface area contributed by atoms with E-state index in [2.05, 4.69) is 14.9 Å². The highest BCUT2D eigenvalue weighted by Crippen LogP contribution is 2.54. The Morgan fingerprint density at radius 3 is 2.13 bits per heavy atom.